The fourth-order valence-electron chi connectivity index (χ4n) is 2.27. The molecular weight excluding hydrogens is 292 g/mol. The first-order chi connectivity index (χ1) is 10.9. The minimum absolute atomic E-state index is 0.810. The number of nitrogens with zero attached hydrogens (tertiary/aromatic N) is 4. The van der Waals surface area contributed by atoms with Crippen LogP contribution in [0, 0.1) is 0 Å². The van der Waals surface area contributed by atoms with Crippen molar-refractivity contribution in [3.05, 3.63) is 71.8 Å². The summed E-state index contributed by atoms with van der Waals surface area (Å²) >= 11 is 1.68. The molecule has 0 spiro atoms. The Morgan fingerprint density at radius 3 is 2.55 bits per heavy atom. The minimum atomic E-state index is 0.810. The van der Waals surface area contributed by atoms with E-state index in [1.807, 2.05) is 30.5 Å². The molecule has 0 atom stereocenters. The van der Waals surface area contributed by atoms with Crippen LogP contribution in [0.4, 0.5) is 0 Å². The summed E-state index contributed by atoms with van der Waals surface area (Å²) in [5.74, 6) is 1.82. The number of hydrogen-bond acceptors (Lipinski definition) is 4. The van der Waals surface area contributed by atoms with E-state index in [1.165, 1.54) is 5.56 Å². The fourth-order valence-corrected chi connectivity index (χ4v) is 3.21. The molecule has 0 aliphatic heterocycles. The van der Waals surface area contributed by atoms with E-state index in [0.29, 0.717) is 0 Å². The van der Waals surface area contributed by atoms with Gasteiger partial charge in [-0.1, -0.05) is 48.2 Å². The summed E-state index contributed by atoms with van der Waals surface area (Å²) in [6.45, 7) is 3.00. The van der Waals surface area contributed by atoms with Crippen molar-refractivity contribution >= 4 is 11.8 Å². The molecule has 3 aromatic rings. The van der Waals surface area contributed by atoms with Gasteiger partial charge in [-0.05, 0) is 24.6 Å². The highest BCUT2D eigenvalue weighted by Gasteiger charge is 2.12. The molecular formula is C17H18N4S. The SMILES string of the molecule is CCn1c(Cc2ccccc2)nnc1SCc1ccccn1. The molecule has 0 amide bonds. The molecule has 2 heterocycles. The zero-order valence-corrected chi connectivity index (χ0v) is 13.3. The van der Waals surface area contributed by atoms with Crippen molar-refractivity contribution < 1.29 is 0 Å². The first-order valence-electron chi connectivity index (χ1n) is 7.35. The van der Waals surface area contributed by atoms with Gasteiger partial charge in [0, 0.05) is 24.9 Å². The number of thioether (sulfide) groups is 1. The van der Waals surface area contributed by atoms with Crippen molar-refractivity contribution in [1.29, 1.82) is 0 Å². The van der Waals surface area contributed by atoms with Crippen LogP contribution in [-0.4, -0.2) is 19.7 Å². The molecule has 2 aromatic heterocycles. The van der Waals surface area contributed by atoms with E-state index in [2.05, 4.69) is 50.9 Å². The largest absolute Gasteiger partial charge is 0.306 e. The number of aromatic nitrogens is 4. The maximum absolute atomic E-state index is 4.37. The third-order valence-corrected chi connectivity index (χ3v) is 4.39. The zero-order chi connectivity index (χ0) is 15.2. The summed E-state index contributed by atoms with van der Waals surface area (Å²) in [7, 11) is 0. The number of rotatable bonds is 6. The summed E-state index contributed by atoms with van der Waals surface area (Å²) in [6.07, 6.45) is 2.63. The quantitative estimate of drug-likeness (QED) is 0.653. The molecule has 0 saturated carbocycles. The summed E-state index contributed by atoms with van der Waals surface area (Å²) in [5, 5.41) is 9.67. The van der Waals surface area contributed by atoms with Crippen LogP contribution >= 0.6 is 11.8 Å². The Labute approximate surface area is 134 Å². The van der Waals surface area contributed by atoms with Crippen LogP contribution in [0.5, 0.6) is 0 Å². The third kappa shape index (κ3) is 3.54. The Balaban J connectivity index is 1.73. The van der Waals surface area contributed by atoms with Gasteiger partial charge >= 0.3 is 0 Å². The molecule has 0 unspecified atom stereocenters. The lowest BCUT2D eigenvalue weighted by atomic mass is 10.1. The van der Waals surface area contributed by atoms with E-state index in [0.717, 1.165) is 35.4 Å². The van der Waals surface area contributed by atoms with Crippen molar-refractivity contribution in [2.24, 2.45) is 0 Å². The normalized spacial score (nSPS) is 10.8. The van der Waals surface area contributed by atoms with Crippen LogP contribution in [0.3, 0.4) is 0 Å². The van der Waals surface area contributed by atoms with E-state index in [1.54, 1.807) is 11.8 Å². The minimum Gasteiger partial charge on any atom is -0.306 e. The summed E-state index contributed by atoms with van der Waals surface area (Å²) in [4.78, 5) is 4.35. The lowest BCUT2D eigenvalue weighted by Gasteiger charge is -2.07. The first-order valence-corrected chi connectivity index (χ1v) is 8.34. The number of benzene rings is 1. The van der Waals surface area contributed by atoms with E-state index in [9.17, 15) is 0 Å². The third-order valence-electron chi connectivity index (χ3n) is 3.39. The maximum Gasteiger partial charge on any atom is 0.191 e. The molecule has 0 aliphatic carbocycles. The Hall–Kier alpha value is -2.14. The second-order valence-corrected chi connectivity index (χ2v) is 5.86. The van der Waals surface area contributed by atoms with Crippen molar-refractivity contribution in [3.63, 3.8) is 0 Å². The maximum atomic E-state index is 4.37. The molecule has 22 heavy (non-hydrogen) atoms. The average molecular weight is 310 g/mol. The second kappa shape index (κ2) is 7.22. The standard InChI is InChI=1S/C17H18N4S/c1-2-21-16(12-14-8-4-3-5-9-14)19-20-17(21)22-13-15-10-6-7-11-18-15/h3-11H,2,12-13H2,1H3. The van der Waals surface area contributed by atoms with Gasteiger partial charge in [0.15, 0.2) is 5.16 Å². The Morgan fingerprint density at radius 1 is 1.00 bits per heavy atom. The van der Waals surface area contributed by atoms with Gasteiger partial charge in [-0.15, -0.1) is 10.2 Å². The van der Waals surface area contributed by atoms with Gasteiger partial charge in [0.25, 0.3) is 0 Å². The zero-order valence-electron chi connectivity index (χ0n) is 12.5. The predicted octanol–water partition coefficient (Wildman–Crippen LogP) is 3.58. The van der Waals surface area contributed by atoms with Crippen LogP contribution in [0.25, 0.3) is 0 Å². The Bertz CT molecular complexity index is 710. The summed E-state index contributed by atoms with van der Waals surface area (Å²) < 4.78 is 2.18. The van der Waals surface area contributed by atoms with Gasteiger partial charge in [0.05, 0.1) is 5.69 Å². The highest BCUT2D eigenvalue weighted by Crippen LogP contribution is 2.22. The van der Waals surface area contributed by atoms with Crippen molar-refractivity contribution in [1.82, 2.24) is 19.7 Å². The summed E-state index contributed by atoms with van der Waals surface area (Å²) in [5.41, 5.74) is 2.31. The lowest BCUT2D eigenvalue weighted by Crippen LogP contribution is -2.04. The van der Waals surface area contributed by atoms with Gasteiger partial charge in [0.2, 0.25) is 0 Å². The molecule has 112 valence electrons. The molecule has 0 saturated heterocycles. The molecule has 1 aromatic carbocycles. The number of pyridine rings is 1. The number of hydrogen-bond donors (Lipinski definition) is 0. The van der Waals surface area contributed by atoms with Gasteiger partial charge in [-0.2, -0.15) is 0 Å². The van der Waals surface area contributed by atoms with Crippen molar-refractivity contribution in [3.8, 4) is 0 Å². The van der Waals surface area contributed by atoms with Crippen LogP contribution < -0.4 is 0 Å². The van der Waals surface area contributed by atoms with Crippen LogP contribution in [0.2, 0.25) is 0 Å². The average Bonchev–Trinajstić information content (AvgIpc) is 2.96. The topological polar surface area (TPSA) is 43.6 Å². The molecule has 0 radical (unpaired) electrons. The lowest BCUT2D eigenvalue weighted by molar-refractivity contribution is 0.651. The highest BCUT2D eigenvalue weighted by molar-refractivity contribution is 7.98. The Kier molecular flexibility index (Phi) is 4.85. The smallest absolute Gasteiger partial charge is 0.191 e. The van der Waals surface area contributed by atoms with E-state index in [4.69, 9.17) is 0 Å². The molecule has 3 rings (SSSR count). The first kappa shape index (κ1) is 14.8. The van der Waals surface area contributed by atoms with E-state index >= 15 is 0 Å². The predicted molar refractivity (Wildman–Crippen MR) is 88.7 cm³/mol. The van der Waals surface area contributed by atoms with Gasteiger partial charge in [-0.3, -0.25) is 4.98 Å². The Morgan fingerprint density at radius 2 is 1.82 bits per heavy atom. The van der Waals surface area contributed by atoms with E-state index < -0.39 is 0 Å². The monoisotopic (exact) mass is 310 g/mol. The van der Waals surface area contributed by atoms with Crippen LogP contribution in [0.15, 0.2) is 59.9 Å². The van der Waals surface area contributed by atoms with Gasteiger partial charge in [0.1, 0.15) is 5.82 Å². The van der Waals surface area contributed by atoms with Crippen LogP contribution in [0.1, 0.15) is 24.0 Å². The molecule has 0 aliphatic rings. The molecule has 0 N–H and O–H groups in total. The van der Waals surface area contributed by atoms with Crippen molar-refractivity contribution in [2.45, 2.75) is 30.8 Å². The highest BCUT2D eigenvalue weighted by atomic mass is 32.2. The van der Waals surface area contributed by atoms with Gasteiger partial charge < -0.3 is 4.57 Å². The molecule has 4 nitrogen and oxygen atoms in total. The van der Waals surface area contributed by atoms with Gasteiger partial charge in [-0.25, -0.2) is 0 Å². The molecule has 0 fully saturated rings. The molecule has 5 heteroatoms. The summed E-state index contributed by atoms with van der Waals surface area (Å²) in [6, 6.07) is 16.4. The second-order valence-electron chi connectivity index (χ2n) is 4.92. The fraction of sp³-hybridized carbons (Fsp3) is 0.235. The van der Waals surface area contributed by atoms with E-state index in [-0.39, 0.29) is 0 Å². The van der Waals surface area contributed by atoms with Crippen molar-refractivity contribution in [2.75, 3.05) is 0 Å². The molecule has 0 bridgehead atoms. The van der Waals surface area contributed by atoms with Crippen LogP contribution in [-0.2, 0) is 18.7 Å².